The smallest absolute Gasteiger partial charge is 0.0833 e. The molecule has 196 valence electrons. The Balaban J connectivity index is 0. The molecule has 1 aliphatic carbocycles. The number of morpholine rings is 1. The fourth-order valence-corrected chi connectivity index (χ4v) is 4.02. The highest BCUT2D eigenvalue weighted by Gasteiger charge is 2.39. The molecule has 6 nitrogen and oxygen atoms in total. The SMILES string of the molecule is CC.CC.CC.CC.COCCN1CCOC2(CCN(CCOC3CC(OC)C3)CC2)C1. The summed E-state index contributed by atoms with van der Waals surface area (Å²) >= 11 is 0. The Hall–Kier alpha value is -0.240. The molecule has 0 atom stereocenters. The van der Waals surface area contributed by atoms with E-state index in [0.29, 0.717) is 12.2 Å². The minimum Gasteiger partial charge on any atom is -0.383 e. The number of methoxy groups -OCH3 is 2. The maximum Gasteiger partial charge on any atom is 0.0833 e. The van der Waals surface area contributed by atoms with Crippen molar-refractivity contribution in [2.75, 3.05) is 73.3 Å². The van der Waals surface area contributed by atoms with Crippen LogP contribution in [-0.4, -0.2) is 101 Å². The number of rotatable bonds is 8. The third kappa shape index (κ3) is 12.9. The Morgan fingerprint density at radius 3 is 1.84 bits per heavy atom. The molecule has 32 heavy (non-hydrogen) atoms. The van der Waals surface area contributed by atoms with Gasteiger partial charge in [0.1, 0.15) is 0 Å². The summed E-state index contributed by atoms with van der Waals surface area (Å²) < 4.78 is 22.6. The highest BCUT2D eigenvalue weighted by atomic mass is 16.5. The normalized spacial score (nSPS) is 24.2. The van der Waals surface area contributed by atoms with Crippen molar-refractivity contribution in [2.45, 2.75) is 98.9 Å². The van der Waals surface area contributed by atoms with Gasteiger partial charge in [0.25, 0.3) is 0 Å². The highest BCUT2D eigenvalue weighted by Crippen LogP contribution is 2.30. The van der Waals surface area contributed by atoms with Crippen LogP contribution in [0.25, 0.3) is 0 Å². The van der Waals surface area contributed by atoms with Crippen molar-refractivity contribution >= 4 is 0 Å². The predicted molar refractivity (Wildman–Crippen MR) is 138 cm³/mol. The first-order chi connectivity index (χ1) is 15.7. The lowest BCUT2D eigenvalue weighted by Crippen LogP contribution is -2.57. The van der Waals surface area contributed by atoms with Gasteiger partial charge in [-0.25, -0.2) is 0 Å². The van der Waals surface area contributed by atoms with E-state index in [0.717, 1.165) is 84.8 Å². The van der Waals surface area contributed by atoms with Crippen molar-refractivity contribution in [1.82, 2.24) is 9.80 Å². The zero-order valence-corrected chi connectivity index (χ0v) is 23.4. The molecule has 0 N–H and O–H groups in total. The molecule has 2 aliphatic heterocycles. The molecular weight excluding hydrogens is 404 g/mol. The van der Waals surface area contributed by atoms with E-state index < -0.39 is 0 Å². The summed E-state index contributed by atoms with van der Waals surface area (Å²) in [6.07, 6.45) is 5.23. The van der Waals surface area contributed by atoms with E-state index >= 15 is 0 Å². The van der Waals surface area contributed by atoms with Gasteiger partial charge in [-0.05, 0) is 25.7 Å². The van der Waals surface area contributed by atoms with Crippen molar-refractivity contribution in [1.29, 1.82) is 0 Å². The van der Waals surface area contributed by atoms with E-state index in [4.69, 9.17) is 18.9 Å². The third-order valence-electron chi connectivity index (χ3n) is 5.85. The summed E-state index contributed by atoms with van der Waals surface area (Å²) in [4.78, 5) is 5.02. The average Bonchev–Trinajstić information content (AvgIpc) is 2.86. The van der Waals surface area contributed by atoms with E-state index in [1.54, 1.807) is 14.2 Å². The Morgan fingerprint density at radius 1 is 0.750 bits per heavy atom. The second kappa shape index (κ2) is 22.5. The van der Waals surface area contributed by atoms with Gasteiger partial charge >= 0.3 is 0 Å². The first-order valence-electron chi connectivity index (χ1n) is 13.4. The Morgan fingerprint density at radius 2 is 1.31 bits per heavy atom. The van der Waals surface area contributed by atoms with Gasteiger partial charge in [-0.15, -0.1) is 0 Å². The number of nitrogens with zero attached hydrogens (tertiary/aromatic N) is 2. The van der Waals surface area contributed by atoms with Crippen LogP contribution in [0.2, 0.25) is 0 Å². The standard InChI is InChI=1S/C18H34N2O4.4C2H6/c1-21-10-7-20-9-12-24-18(15-20)3-5-19(6-4-18)8-11-23-17-13-16(14-17)22-2;4*1-2/h16-17H,3-15H2,1-2H3;4*1-2H3. The van der Waals surface area contributed by atoms with Crippen LogP contribution in [0.4, 0.5) is 0 Å². The Kier molecular flexibility index (Phi) is 23.9. The van der Waals surface area contributed by atoms with Crippen molar-refractivity contribution in [3.05, 3.63) is 0 Å². The Bertz CT molecular complexity index is 371. The zero-order chi connectivity index (χ0) is 24.8. The molecule has 0 aromatic carbocycles. The van der Waals surface area contributed by atoms with Gasteiger partial charge in [-0.1, -0.05) is 55.4 Å². The lowest BCUT2D eigenvalue weighted by Gasteiger charge is -2.47. The van der Waals surface area contributed by atoms with Gasteiger partial charge in [0, 0.05) is 53.5 Å². The maximum absolute atomic E-state index is 6.20. The molecular formula is C26H58N2O4. The third-order valence-corrected chi connectivity index (χ3v) is 5.85. The molecule has 1 saturated carbocycles. The van der Waals surface area contributed by atoms with Gasteiger partial charge in [0.15, 0.2) is 0 Å². The zero-order valence-electron chi connectivity index (χ0n) is 23.4. The monoisotopic (exact) mass is 462 g/mol. The van der Waals surface area contributed by atoms with Crippen LogP contribution in [0, 0.1) is 0 Å². The molecule has 0 aromatic heterocycles. The molecule has 2 heterocycles. The number of hydrogen-bond acceptors (Lipinski definition) is 6. The number of piperidine rings is 1. The van der Waals surface area contributed by atoms with E-state index in [-0.39, 0.29) is 5.60 Å². The molecule has 3 aliphatic rings. The van der Waals surface area contributed by atoms with Gasteiger partial charge in [-0.2, -0.15) is 0 Å². The second-order valence-electron chi connectivity index (χ2n) is 7.46. The van der Waals surface area contributed by atoms with Crippen molar-refractivity contribution in [3.63, 3.8) is 0 Å². The minimum absolute atomic E-state index is 0.0724. The van der Waals surface area contributed by atoms with Crippen LogP contribution in [0.5, 0.6) is 0 Å². The summed E-state index contributed by atoms with van der Waals surface area (Å²) in [7, 11) is 3.56. The quantitative estimate of drug-likeness (QED) is 0.500. The number of likely N-dealkylation sites (tertiary alicyclic amines) is 1. The van der Waals surface area contributed by atoms with E-state index in [1.807, 2.05) is 55.4 Å². The molecule has 0 amide bonds. The molecule has 3 fully saturated rings. The first kappa shape index (κ1) is 33.9. The fourth-order valence-electron chi connectivity index (χ4n) is 4.02. The average molecular weight is 463 g/mol. The summed E-state index contributed by atoms with van der Waals surface area (Å²) in [5.41, 5.74) is 0.0724. The summed E-state index contributed by atoms with van der Waals surface area (Å²) in [5.74, 6) is 0. The predicted octanol–water partition coefficient (Wildman–Crippen LogP) is 5.10. The molecule has 0 unspecified atom stereocenters. The first-order valence-corrected chi connectivity index (χ1v) is 13.4. The van der Waals surface area contributed by atoms with Crippen LogP contribution in [0.15, 0.2) is 0 Å². The topological polar surface area (TPSA) is 43.4 Å². The van der Waals surface area contributed by atoms with Crippen LogP contribution in [0.3, 0.4) is 0 Å². The molecule has 2 saturated heterocycles. The number of hydrogen-bond donors (Lipinski definition) is 0. The molecule has 0 aromatic rings. The van der Waals surface area contributed by atoms with Gasteiger partial charge in [0.05, 0.1) is 37.6 Å². The van der Waals surface area contributed by atoms with Crippen molar-refractivity contribution in [3.8, 4) is 0 Å². The summed E-state index contributed by atoms with van der Waals surface area (Å²) in [6.45, 7) is 24.9. The van der Waals surface area contributed by atoms with Gasteiger partial charge < -0.3 is 23.8 Å². The minimum atomic E-state index is 0.0724. The van der Waals surface area contributed by atoms with E-state index in [1.165, 1.54) is 0 Å². The van der Waals surface area contributed by atoms with Crippen LogP contribution in [-0.2, 0) is 18.9 Å². The molecule has 1 spiro atoms. The van der Waals surface area contributed by atoms with E-state index in [2.05, 4.69) is 9.80 Å². The van der Waals surface area contributed by atoms with Crippen molar-refractivity contribution in [2.24, 2.45) is 0 Å². The molecule has 3 rings (SSSR count). The lowest BCUT2D eigenvalue weighted by atomic mass is 9.89. The highest BCUT2D eigenvalue weighted by molar-refractivity contribution is 4.93. The van der Waals surface area contributed by atoms with Gasteiger partial charge in [0.2, 0.25) is 0 Å². The molecule has 0 bridgehead atoms. The summed E-state index contributed by atoms with van der Waals surface area (Å²) in [6, 6.07) is 0. The van der Waals surface area contributed by atoms with Crippen molar-refractivity contribution < 1.29 is 18.9 Å². The second-order valence-corrected chi connectivity index (χ2v) is 7.46. The Labute approximate surface area is 201 Å². The molecule has 0 radical (unpaired) electrons. The van der Waals surface area contributed by atoms with Crippen LogP contribution in [0.1, 0.15) is 81.1 Å². The van der Waals surface area contributed by atoms with Gasteiger partial charge in [-0.3, -0.25) is 4.90 Å². The molecule has 6 heteroatoms. The van der Waals surface area contributed by atoms with E-state index in [9.17, 15) is 0 Å². The largest absolute Gasteiger partial charge is 0.383 e. The summed E-state index contributed by atoms with van der Waals surface area (Å²) in [5, 5.41) is 0. The van der Waals surface area contributed by atoms with Crippen LogP contribution < -0.4 is 0 Å². The van der Waals surface area contributed by atoms with Crippen LogP contribution >= 0.6 is 0 Å². The maximum atomic E-state index is 6.20. The lowest BCUT2D eigenvalue weighted by molar-refractivity contribution is -0.140. The number of ether oxygens (including phenoxy) is 4. The fraction of sp³-hybridized carbons (Fsp3) is 1.00.